The third kappa shape index (κ3) is 16.8. The minimum Gasteiger partial charge on any atom is -0.327 e. The zero-order chi connectivity index (χ0) is 17.5. The molecule has 3 atom stereocenters. The minimum atomic E-state index is 0. The highest BCUT2D eigenvalue weighted by Crippen LogP contribution is 2.21. The standard InChI is InChI=1S/C16H31N3.C4H10.3CH4.3H2/c1-4-8-18-9-7-14(3)19-12-16-6-5-15(11-17)10-13(16)2;1-3-4-2;;;;;;/h5-6,10,13-14,16,18-19H,4,7-9,11-12,17H2,1-3H3;3-4H2,1-2H3;3*1H4;3*1H. The Morgan fingerprint density at radius 3 is 2.15 bits per heavy atom. The Labute approximate surface area is 171 Å². The highest BCUT2D eigenvalue weighted by atomic mass is 14.9. The van der Waals surface area contributed by atoms with Crippen LogP contribution in [0.3, 0.4) is 0 Å². The molecule has 3 unspecified atom stereocenters. The summed E-state index contributed by atoms with van der Waals surface area (Å²) in [5, 5.41) is 7.09. The fraction of sp³-hybridized carbons (Fsp3) is 0.826. The largest absolute Gasteiger partial charge is 0.327 e. The van der Waals surface area contributed by atoms with E-state index < -0.39 is 0 Å². The molecular weight excluding hydrogens is 318 g/mol. The molecule has 0 heterocycles. The van der Waals surface area contributed by atoms with Gasteiger partial charge < -0.3 is 16.4 Å². The number of unbranched alkanes of at least 4 members (excludes halogenated alkanes) is 1. The number of allylic oxidation sites excluding steroid dienone is 1. The average Bonchev–Trinajstić information content (AvgIpc) is 2.57. The Kier molecular flexibility index (Phi) is 28.4. The van der Waals surface area contributed by atoms with Gasteiger partial charge in [-0.25, -0.2) is 0 Å². The summed E-state index contributed by atoms with van der Waals surface area (Å²) >= 11 is 0. The van der Waals surface area contributed by atoms with Crippen molar-refractivity contribution in [2.24, 2.45) is 17.6 Å². The molecule has 0 amide bonds. The third-order valence-corrected chi connectivity index (χ3v) is 4.33. The van der Waals surface area contributed by atoms with Gasteiger partial charge in [0.2, 0.25) is 0 Å². The van der Waals surface area contributed by atoms with Gasteiger partial charge in [0.25, 0.3) is 0 Å². The molecule has 1 rings (SSSR count). The molecular formula is C23H59N3. The van der Waals surface area contributed by atoms with Gasteiger partial charge in [-0.3, -0.25) is 0 Å². The van der Waals surface area contributed by atoms with Crippen molar-refractivity contribution in [3.63, 3.8) is 0 Å². The maximum atomic E-state index is 5.67. The second-order valence-electron chi connectivity index (χ2n) is 6.68. The first-order valence-electron chi connectivity index (χ1n) is 9.61. The summed E-state index contributed by atoms with van der Waals surface area (Å²) in [5.41, 5.74) is 6.93. The SMILES string of the molecule is C.C.C.CCCC.CCCNCCC(C)NCC1C=CC(CN)=CC1C.[HH].[HH].[HH]. The predicted octanol–water partition coefficient (Wildman–Crippen LogP) is 6.51. The van der Waals surface area contributed by atoms with Crippen molar-refractivity contribution in [2.45, 2.75) is 88.6 Å². The quantitative estimate of drug-likeness (QED) is 0.380. The summed E-state index contributed by atoms with van der Waals surface area (Å²) in [5.74, 6) is 1.18. The molecule has 0 aromatic heterocycles. The molecule has 0 radical (unpaired) electrons. The van der Waals surface area contributed by atoms with Crippen LogP contribution in [0.1, 0.15) is 86.9 Å². The Hall–Kier alpha value is -0.640. The van der Waals surface area contributed by atoms with E-state index in [4.69, 9.17) is 5.73 Å². The molecule has 0 saturated heterocycles. The fourth-order valence-electron chi connectivity index (χ4n) is 2.39. The van der Waals surface area contributed by atoms with E-state index in [1.165, 1.54) is 31.3 Å². The van der Waals surface area contributed by atoms with E-state index in [1.54, 1.807) is 0 Å². The second-order valence-corrected chi connectivity index (χ2v) is 6.68. The van der Waals surface area contributed by atoms with Crippen LogP contribution < -0.4 is 16.4 Å². The number of hydrogen-bond donors (Lipinski definition) is 3. The van der Waals surface area contributed by atoms with E-state index in [0.29, 0.717) is 24.4 Å². The van der Waals surface area contributed by atoms with Crippen molar-refractivity contribution in [3.8, 4) is 0 Å². The summed E-state index contributed by atoms with van der Waals surface area (Å²) < 4.78 is 0. The first-order valence-corrected chi connectivity index (χ1v) is 9.61. The van der Waals surface area contributed by atoms with Gasteiger partial charge in [-0.05, 0) is 50.3 Å². The summed E-state index contributed by atoms with van der Waals surface area (Å²) in [4.78, 5) is 0. The van der Waals surface area contributed by atoms with Crippen molar-refractivity contribution >= 4 is 0 Å². The van der Waals surface area contributed by atoms with Crippen LogP contribution in [0.25, 0.3) is 0 Å². The van der Waals surface area contributed by atoms with Crippen LogP contribution in [0.15, 0.2) is 23.8 Å². The van der Waals surface area contributed by atoms with Gasteiger partial charge in [0, 0.05) is 23.4 Å². The fourth-order valence-corrected chi connectivity index (χ4v) is 2.39. The van der Waals surface area contributed by atoms with Crippen molar-refractivity contribution < 1.29 is 4.28 Å². The van der Waals surface area contributed by atoms with Gasteiger partial charge in [0.1, 0.15) is 0 Å². The Bertz CT molecular complexity index is 335. The van der Waals surface area contributed by atoms with E-state index in [0.717, 1.165) is 19.6 Å². The van der Waals surface area contributed by atoms with Crippen LogP contribution >= 0.6 is 0 Å². The molecule has 166 valence electrons. The monoisotopic (exact) mass is 377 g/mol. The zero-order valence-electron chi connectivity index (χ0n) is 16.2. The van der Waals surface area contributed by atoms with Crippen LogP contribution in [0.5, 0.6) is 0 Å². The van der Waals surface area contributed by atoms with Crippen LogP contribution in [-0.4, -0.2) is 32.2 Å². The molecule has 0 aromatic rings. The predicted molar refractivity (Wildman–Crippen MR) is 131 cm³/mol. The molecule has 3 heteroatoms. The lowest BCUT2D eigenvalue weighted by Gasteiger charge is -2.25. The topological polar surface area (TPSA) is 50.1 Å². The lowest BCUT2D eigenvalue weighted by atomic mass is 9.87. The van der Waals surface area contributed by atoms with Crippen LogP contribution in [0.2, 0.25) is 0 Å². The highest BCUT2D eigenvalue weighted by Gasteiger charge is 2.16. The van der Waals surface area contributed by atoms with Gasteiger partial charge in [0.15, 0.2) is 0 Å². The summed E-state index contributed by atoms with van der Waals surface area (Å²) in [7, 11) is 0. The molecule has 0 aromatic carbocycles. The van der Waals surface area contributed by atoms with Crippen LogP contribution in [-0.2, 0) is 0 Å². The second kappa shape index (κ2) is 22.4. The smallest absolute Gasteiger partial charge is 0.0174 e. The normalized spacial score (nSPS) is 18.9. The van der Waals surface area contributed by atoms with E-state index in [2.05, 4.69) is 63.5 Å². The van der Waals surface area contributed by atoms with Gasteiger partial charge in [-0.1, -0.05) is 81.0 Å². The first kappa shape index (κ1) is 33.0. The van der Waals surface area contributed by atoms with E-state index >= 15 is 0 Å². The molecule has 0 spiro atoms. The highest BCUT2D eigenvalue weighted by molar-refractivity contribution is 5.26. The van der Waals surface area contributed by atoms with Crippen molar-refractivity contribution in [2.75, 3.05) is 26.2 Å². The molecule has 1 aliphatic rings. The first-order chi connectivity index (χ1) is 11.1. The Balaban J connectivity index is -0.0000000889. The molecule has 0 saturated carbocycles. The Morgan fingerprint density at radius 1 is 1.08 bits per heavy atom. The maximum Gasteiger partial charge on any atom is 0.0174 e. The van der Waals surface area contributed by atoms with Gasteiger partial charge in [-0.2, -0.15) is 0 Å². The number of hydrogen-bond acceptors (Lipinski definition) is 3. The number of rotatable bonds is 10. The number of nitrogens with one attached hydrogen (secondary N) is 2. The minimum absolute atomic E-state index is 0. The average molecular weight is 378 g/mol. The zero-order valence-corrected chi connectivity index (χ0v) is 16.2. The van der Waals surface area contributed by atoms with E-state index in [1.807, 2.05) is 0 Å². The van der Waals surface area contributed by atoms with Crippen LogP contribution in [0, 0.1) is 11.8 Å². The maximum absolute atomic E-state index is 5.67. The molecule has 4 N–H and O–H groups in total. The summed E-state index contributed by atoms with van der Waals surface area (Å²) in [6.07, 6.45) is 11.8. The van der Waals surface area contributed by atoms with Crippen molar-refractivity contribution in [1.82, 2.24) is 10.6 Å². The summed E-state index contributed by atoms with van der Waals surface area (Å²) in [6, 6.07) is 0.574. The van der Waals surface area contributed by atoms with Gasteiger partial charge in [-0.15, -0.1) is 0 Å². The van der Waals surface area contributed by atoms with E-state index in [-0.39, 0.29) is 26.6 Å². The molecule has 0 fully saturated rings. The van der Waals surface area contributed by atoms with Crippen molar-refractivity contribution in [3.05, 3.63) is 23.8 Å². The van der Waals surface area contributed by atoms with Gasteiger partial charge >= 0.3 is 0 Å². The number of nitrogens with two attached hydrogens (primary N) is 1. The molecule has 0 bridgehead atoms. The molecule has 3 nitrogen and oxygen atoms in total. The van der Waals surface area contributed by atoms with Gasteiger partial charge in [0.05, 0.1) is 0 Å². The van der Waals surface area contributed by atoms with E-state index in [9.17, 15) is 0 Å². The third-order valence-electron chi connectivity index (χ3n) is 4.33. The molecule has 0 aliphatic heterocycles. The lowest BCUT2D eigenvalue weighted by Crippen LogP contribution is -2.35. The summed E-state index contributed by atoms with van der Waals surface area (Å²) in [6.45, 7) is 15.1. The lowest BCUT2D eigenvalue weighted by molar-refractivity contribution is 0.413. The van der Waals surface area contributed by atoms with Crippen molar-refractivity contribution in [1.29, 1.82) is 0 Å². The molecule has 1 aliphatic carbocycles. The Morgan fingerprint density at radius 2 is 1.69 bits per heavy atom. The van der Waals surface area contributed by atoms with Crippen LogP contribution in [0.4, 0.5) is 0 Å². The molecule has 26 heavy (non-hydrogen) atoms.